The van der Waals surface area contributed by atoms with Crippen LogP contribution in [0.4, 0.5) is 10.5 Å². The summed E-state index contributed by atoms with van der Waals surface area (Å²) in [6.07, 6.45) is 9.42. The van der Waals surface area contributed by atoms with E-state index < -0.39 is 17.7 Å². The zero-order valence-electron chi connectivity index (χ0n) is 33.0. The summed E-state index contributed by atoms with van der Waals surface area (Å²) in [5.74, 6) is 5.67. The molecule has 292 valence electrons. The Kier molecular flexibility index (Phi) is 15.2. The van der Waals surface area contributed by atoms with Crippen molar-refractivity contribution in [2.75, 3.05) is 18.9 Å². The van der Waals surface area contributed by atoms with Crippen LogP contribution >= 0.6 is 11.6 Å². The average molecular weight is 760 g/mol. The minimum atomic E-state index is -0.534. The third-order valence-electron chi connectivity index (χ3n) is 11.6. The summed E-state index contributed by atoms with van der Waals surface area (Å²) >= 11 is 6.38. The molecule has 1 saturated carbocycles. The number of benzene rings is 2. The molecule has 1 heterocycles. The van der Waals surface area contributed by atoms with Crippen molar-refractivity contribution in [3.05, 3.63) is 52.1 Å². The quantitative estimate of drug-likeness (QED) is 0.0618. The number of rotatable bonds is 15. The number of carbonyl (C=O) groups is 4. The van der Waals surface area contributed by atoms with E-state index in [9.17, 15) is 29.4 Å². The van der Waals surface area contributed by atoms with Crippen LogP contribution in [0, 0.1) is 41.4 Å². The minimum Gasteiger partial charge on any atom is -0.507 e. The number of piperidine rings is 1. The van der Waals surface area contributed by atoms with Crippen LogP contribution in [0.5, 0.6) is 11.5 Å². The van der Waals surface area contributed by atoms with E-state index in [-0.39, 0.29) is 53.0 Å². The number of phenols is 2. The summed E-state index contributed by atoms with van der Waals surface area (Å²) < 4.78 is 0. The van der Waals surface area contributed by atoms with Crippen molar-refractivity contribution in [3.8, 4) is 23.3 Å². The summed E-state index contributed by atoms with van der Waals surface area (Å²) in [5.41, 5.74) is 2.79. The van der Waals surface area contributed by atoms with Crippen molar-refractivity contribution >= 4 is 51.7 Å². The third kappa shape index (κ3) is 10.1. The number of fused-ring (bicyclic) bond motifs is 1. The van der Waals surface area contributed by atoms with Crippen LogP contribution in [0.15, 0.2) is 46.5 Å². The van der Waals surface area contributed by atoms with Gasteiger partial charge in [0.25, 0.3) is 0 Å². The molecule has 2 aromatic carbocycles. The molecule has 10 heteroatoms. The Morgan fingerprint density at radius 1 is 1.15 bits per heavy atom. The Morgan fingerprint density at radius 3 is 2.52 bits per heavy atom. The molecule has 2 aromatic rings. The second-order valence-corrected chi connectivity index (χ2v) is 15.7. The first-order valence-electron chi connectivity index (χ1n) is 19.6. The number of allylic oxidation sites excluding steroid dienone is 4. The zero-order valence-corrected chi connectivity index (χ0v) is 33.7. The molecule has 0 bridgehead atoms. The molecule has 1 saturated heterocycles. The molecule has 4 amide bonds. The number of anilines is 1. The van der Waals surface area contributed by atoms with E-state index in [1.807, 2.05) is 13.8 Å². The zero-order chi connectivity index (χ0) is 39.7. The summed E-state index contributed by atoms with van der Waals surface area (Å²) in [4.78, 5) is 52.6. The number of amides is 4. The van der Waals surface area contributed by atoms with Crippen LogP contribution in [-0.2, 0) is 14.4 Å². The Hall–Kier alpha value is -4.29. The second-order valence-electron chi connectivity index (χ2n) is 15.2. The highest BCUT2D eigenvalue weighted by atomic mass is 35.5. The van der Waals surface area contributed by atoms with E-state index in [0.717, 1.165) is 61.1 Å². The molecule has 1 aliphatic carbocycles. The van der Waals surface area contributed by atoms with Crippen LogP contribution in [0.3, 0.4) is 0 Å². The lowest BCUT2D eigenvalue weighted by Crippen LogP contribution is -2.42. The lowest BCUT2D eigenvalue weighted by atomic mass is 9.66. The number of phenolic OH excluding ortho intramolecular Hbond substituents is 2. The highest BCUT2D eigenvalue weighted by Crippen LogP contribution is 2.45. The van der Waals surface area contributed by atoms with Gasteiger partial charge in [0, 0.05) is 65.7 Å². The number of aromatic hydroxyl groups is 2. The van der Waals surface area contributed by atoms with Crippen LogP contribution in [0.1, 0.15) is 117 Å². The molecule has 2 aliphatic rings. The number of nitrogens with zero attached hydrogens (tertiary/aromatic N) is 1. The van der Waals surface area contributed by atoms with Gasteiger partial charge in [-0.2, -0.15) is 0 Å². The molecule has 1 aliphatic heterocycles. The number of carbonyl (C=O) groups excluding carboxylic acids is 4. The van der Waals surface area contributed by atoms with Gasteiger partial charge in [-0.05, 0) is 93.7 Å². The van der Waals surface area contributed by atoms with E-state index >= 15 is 0 Å². The van der Waals surface area contributed by atoms with Crippen LogP contribution in [0.25, 0.3) is 10.8 Å². The molecule has 4 N–H and O–H groups in total. The van der Waals surface area contributed by atoms with Crippen LogP contribution < -0.4 is 10.6 Å². The van der Waals surface area contributed by atoms with Crippen molar-refractivity contribution < 1.29 is 29.4 Å². The number of hydrogen-bond acceptors (Lipinski definition) is 6. The first kappa shape index (κ1) is 42.5. The van der Waals surface area contributed by atoms with Crippen LogP contribution in [0.2, 0.25) is 0 Å². The molecular weight excluding hydrogens is 702 g/mol. The number of urea groups is 1. The van der Waals surface area contributed by atoms with Crippen molar-refractivity contribution in [1.82, 2.24) is 10.2 Å². The molecule has 0 aromatic heterocycles. The van der Waals surface area contributed by atoms with E-state index in [0.29, 0.717) is 47.7 Å². The predicted molar refractivity (Wildman–Crippen MR) is 216 cm³/mol. The van der Waals surface area contributed by atoms with E-state index in [4.69, 9.17) is 11.6 Å². The highest BCUT2D eigenvalue weighted by Gasteiger charge is 2.38. The number of halogens is 1. The maximum atomic E-state index is 13.6. The molecule has 0 spiro atoms. The smallest absolute Gasteiger partial charge is 0.321 e. The van der Waals surface area contributed by atoms with Gasteiger partial charge in [0.1, 0.15) is 17.3 Å². The maximum Gasteiger partial charge on any atom is 0.321 e. The lowest BCUT2D eigenvalue weighted by Gasteiger charge is -2.37. The normalized spacial score (nSPS) is 20.8. The molecular formula is C44H58ClN3O6. The molecule has 4 atom stereocenters. The number of nitrogens with one attached hydrogen (secondary N) is 2. The van der Waals surface area contributed by atoms with Gasteiger partial charge in [-0.25, -0.2) is 4.79 Å². The fourth-order valence-corrected chi connectivity index (χ4v) is 8.07. The average Bonchev–Trinajstić information content (AvgIpc) is 3.13. The van der Waals surface area contributed by atoms with Crippen molar-refractivity contribution in [2.45, 2.75) is 112 Å². The predicted octanol–water partition coefficient (Wildman–Crippen LogP) is 9.56. The van der Waals surface area contributed by atoms with Gasteiger partial charge in [-0.15, -0.1) is 0 Å². The van der Waals surface area contributed by atoms with Crippen molar-refractivity contribution in [1.29, 1.82) is 0 Å². The molecule has 9 nitrogen and oxygen atoms in total. The van der Waals surface area contributed by atoms with Gasteiger partial charge in [-0.1, -0.05) is 76.3 Å². The van der Waals surface area contributed by atoms with E-state index in [1.165, 1.54) is 6.07 Å². The fraction of sp³-hybridized carbons (Fsp3) is 0.545. The number of hydrogen-bond donors (Lipinski definition) is 4. The van der Waals surface area contributed by atoms with Crippen molar-refractivity contribution in [2.24, 2.45) is 29.6 Å². The SMILES string of the molecule is CCC=C(C#CCCC1CC(C(=O)C(CC)C(C)CCN(C)C(=O)Nc2cccc3c(O)c(C(C)C4CCC(=O)NC4=O)cc(O)c23)C1)C(C)=C(Cl)CC. The Morgan fingerprint density at radius 2 is 1.87 bits per heavy atom. The second kappa shape index (κ2) is 19.3. The Balaban J connectivity index is 1.30. The van der Waals surface area contributed by atoms with Gasteiger partial charge in [0.15, 0.2) is 0 Å². The fourth-order valence-electron chi connectivity index (χ4n) is 7.97. The summed E-state index contributed by atoms with van der Waals surface area (Å²) in [5, 5.41) is 29.1. The largest absolute Gasteiger partial charge is 0.507 e. The number of ketones is 1. The van der Waals surface area contributed by atoms with Crippen LogP contribution in [-0.4, -0.2) is 52.3 Å². The lowest BCUT2D eigenvalue weighted by molar-refractivity contribution is -0.137. The molecule has 4 rings (SSSR count). The topological polar surface area (TPSA) is 136 Å². The molecule has 4 unspecified atom stereocenters. The highest BCUT2D eigenvalue weighted by molar-refractivity contribution is 6.30. The van der Waals surface area contributed by atoms with E-state index in [1.54, 1.807) is 37.1 Å². The Labute approximate surface area is 326 Å². The summed E-state index contributed by atoms with van der Waals surface area (Å²) in [7, 11) is 1.70. The maximum absolute atomic E-state index is 13.6. The van der Waals surface area contributed by atoms with Gasteiger partial charge in [0.05, 0.1) is 11.1 Å². The molecule has 54 heavy (non-hydrogen) atoms. The number of imide groups is 1. The summed E-state index contributed by atoms with van der Waals surface area (Å²) in [6.45, 7) is 12.5. The Bertz CT molecular complexity index is 1850. The monoisotopic (exact) mass is 759 g/mol. The van der Waals surface area contributed by atoms with Crippen molar-refractivity contribution in [3.63, 3.8) is 0 Å². The van der Waals surface area contributed by atoms with Gasteiger partial charge in [0.2, 0.25) is 11.8 Å². The first-order chi connectivity index (χ1) is 25.7. The molecule has 2 fully saturated rings. The first-order valence-corrected chi connectivity index (χ1v) is 20.0. The van der Waals surface area contributed by atoms with E-state index in [2.05, 4.69) is 49.3 Å². The standard InChI is InChI=1S/C44H58ClN3O6/c1-8-14-30(27(5)36(45)10-3)16-12-11-15-29-23-31(24-29)41(51)32(9-2)26(4)21-22-48(7)44(54)46-37-18-13-17-34-40(37)38(49)25-35(42(34)52)28(6)33-19-20-39(50)47-43(33)53/h13-14,17-18,25-26,28-29,31-33,49,52H,8-11,15,19-24H2,1-7H3,(H,46,54)(H,47,50,53). The van der Waals surface area contributed by atoms with Gasteiger partial charge < -0.3 is 20.4 Å². The van der Waals surface area contributed by atoms with Gasteiger partial charge in [-0.3, -0.25) is 19.7 Å². The minimum absolute atomic E-state index is 0.0678. The summed E-state index contributed by atoms with van der Waals surface area (Å²) in [6, 6.07) is 6.04. The third-order valence-corrected chi connectivity index (χ3v) is 12.1. The number of Topliss-reactive ketones (excluding diaryl/α,β-unsaturated/α-hetero) is 1. The molecule has 0 radical (unpaired) electrons. The van der Waals surface area contributed by atoms with Gasteiger partial charge >= 0.3 is 6.03 Å².